The van der Waals surface area contributed by atoms with Crippen LogP contribution in [0, 0.1) is 0 Å². The second-order valence-corrected chi connectivity index (χ2v) is 11.0. The summed E-state index contributed by atoms with van der Waals surface area (Å²) in [6, 6.07) is 0. The van der Waals surface area contributed by atoms with E-state index in [1.807, 2.05) is 0 Å². The number of hydrogen-bond donors (Lipinski definition) is 0. The molecule has 88 valence electrons. The molecule has 0 saturated carbocycles. The van der Waals surface area contributed by atoms with Crippen LogP contribution in [0.25, 0.3) is 0 Å². The maximum atomic E-state index is 11.5. The lowest BCUT2D eigenvalue weighted by molar-refractivity contribution is -0.148. The molecule has 0 N–H and O–H groups in total. The Morgan fingerprint density at radius 3 is 1.73 bits per heavy atom. The zero-order valence-corrected chi connectivity index (χ0v) is 11.8. The molecule has 0 bridgehead atoms. The summed E-state index contributed by atoms with van der Waals surface area (Å²) in [5.41, 5.74) is -0.532. The van der Waals surface area contributed by atoms with Gasteiger partial charge in [0.15, 0.2) is 5.78 Å². The summed E-state index contributed by atoms with van der Waals surface area (Å²) < 4.78 is 5.18. The second kappa shape index (κ2) is 4.47. The minimum absolute atomic E-state index is 0.0266. The molecule has 0 fully saturated rings. The number of Topliss-reactive ketones (excluding diaryl/α,β-unsaturated/α-hetero) is 1. The van der Waals surface area contributed by atoms with E-state index in [0.717, 1.165) is 0 Å². The molecule has 0 saturated heterocycles. The van der Waals surface area contributed by atoms with Crippen molar-refractivity contribution < 1.29 is 14.3 Å². The van der Waals surface area contributed by atoms with Crippen molar-refractivity contribution in [2.24, 2.45) is 0 Å². The molecule has 0 radical (unpaired) electrons. The third-order valence-electron chi connectivity index (χ3n) is 3.24. The van der Waals surface area contributed by atoms with Gasteiger partial charge in [0, 0.05) is 6.92 Å². The van der Waals surface area contributed by atoms with Crippen LogP contribution in [0.2, 0.25) is 18.1 Å². The fraction of sp³-hybridized carbons (Fsp3) is 0.818. The topological polar surface area (TPSA) is 43.4 Å². The van der Waals surface area contributed by atoms with E-state index in [2.05, 4.69) is 33.9 Å². The molecule has 0 amide bonds. The van der Waals surface area contributed by atoms with Gasteiger partial charge < -0.3 is 4.74 Å². The summed E-state index contributed by atoms with van der Waals surface area (Å²) in [6.45, 7) is 13.3. The van der Waals surface area contributed by atoms with Crippen molar-refractivity contribution in [1.82, 2.24) is 0 Å². The summed E-state index contributed by atoms with van der Waals surface area (Å²) >= 11 is 0. The molecule has 0 aromatic carbocycles. The van der Waals surface area contributed by atoms with Gasteiger partial charge >= 0.3 is 5.97 Å². The normalized spacial score (nSPS) is 14.6. The SMILES string of the molecule is CC(=O)OC(C(C)=O)[Si](C)(C)C(C)(C)C. The average Bonchev–Trinajstić information content (AvgIpc) is 1.96. The van der Waals surface area contributed by atoms with Crippen LogP contribution in [0.3, 0.4) is 0 Å². The molecule has 0 aromatic heterocycles. The van der Waals surface area contributed by atoms with Gasteiger partial charge in [0.05, 0.1) is 0 Å². The van der Waals surface area contributed by atoms with Crippen molar-refractivity contribution in [3.8, 4) is 0 Å². The van der Waals surface area contributed by atoms with Gasteiger partial charge in [-0.25, -0.2) is 0 Å². The van der Waals surface area contributed by atoms with Gasteiger partial charge in [-0.3, -0.25) is 9.59 Å². The van der Waals surface area contributed by atoms with E-state index in [1.165, 1.54) is 13.8 Å². The van der Waals surface area contributed by atoms with E-state index >= 15 is 0 Å². The first kappa shape index (κ1) is 14.4. The Labute approximate surface area is 93.2 Å². The number of rotatable bonds is 3. The zero-order chi connectivity index (χ0) is 12.4. The van der Waals surface area contributed by atoms with Gasteiger partial charge in [-0.05, 0) is 12.0 Å². The molecule has 0 aliphatic heterocycles. The Morgan fingerprint density at radius 2 is 1.53 bits per heavy atom. The number of ether oxygens (including phenoxy) is 1. The third kappa shape index (κ3) is 3.45. The van der Waals surface area contributed by atoms with Gasteiger partial charge in [-0.15, -0.1) is 0 Å². The first-order valence-electron chi connectivity index (χ1n) is 5.18. The number of ketones is 1. The Hall–Kier alpha value is -0.643. The predicted molar refractivity (Wildman–Crippen MR) is 63.4 cm³/mol. The van der Waals surface area contributed by atoms with Crippen LogP contribution in [0.15, 0.2) is 0 Å². The van der Waals surface area contributed by atoms with Crippen molar-refractivity contribution in [3.05, 3.63) is 0 Å². The molecule has 1 atom stereocenters. The molecule has 3 nitrogen and oxygen atoms in total. The highest BCUT2D eigenvalue weighted by molar-refractivity contribution is 6.84. The maximum Gasteiger partial charge on any atom is 0.303 e. The lowest BCUT2D eigenvalue weighted by Gasteiger charge is -2.40. The lowest BCUT2D eigenvalue weighted by atomic mass is 10.2. The van der Waals surface area contributed by atoms with Gasteiger partial charge in [-0.2, -0.15) is 0 Å². The quantitative estimate of drug-likeness (QED) is 0.553. The second-order valence-electron chi connectivity index (χ2n) is 5.57. The van der Waals surface area contributed by atoms with E-state index in [1.54, 1.807) is 0 Å². The number of carbonyl (C=O) groups excluding carboxylic acids is 2. The van der Waals surface area contributed by atoms with Crippen LogP contribution < -0.4 is 0 Å². The minimum atomic E-state index is -1.95. The molecular weight excluding hydrogens is 208 g/mol. The lowest BCUT2D eigenvalue weighted by Crippen LogP contribution is -2.54. The monoisotopic (exact) mass is 230 g/mol. The standard InChI is InChI=1S/C11H22O3Si/c1-8(12)10(14-9(2)13)15(6,7)11(3,4)5/h10H,1-7H3. The Kier molecular flexibility index (Phi) is 4.28. The van der Waals surface area contributed by atoms with Crippen LogP contribution in [-0.4, -0.2) is 25.6 Å². The minimum Gasteiger partial charge on any atom is -0.459 e. The Bertz CT molecular complexity index is 263. The highest BCUT2D eigenvalue weighted by Crippen LogP contribution is 2.39. The van der Waals surface area contributed by atoms with Gasteiger partial charge in [-0.1, -0.05) is 33.9 Å². The van der Waals surface area contributed by atoms with Crippen LogP contribution >= 0.6 is 0 Å². The van der Waals surface area contributed by atoms with Crippen molar-refractivity contribution in [1.29, 1.82) is 0 Å². The molecule has 0 spiro atoms. The molecule has 15 heavy (non-hydrogen) atoms. The number of carbonyl (C=O) groups is 2. The summed E-state index contributed by atoms with van der Waals surface area (Å²) in [5.74, 6) is -0.420. The van der Waals surface area contributed by atoms with Gasteiger partial charge in [0.2, 0.25) is 0 Å². The number of hydrogen-bond acceptors (Lipinski definition) is 3. The highest BCUT2D eigenvalue weighted by atomic mass is 28.3. The predicted octanol–water partition coefficient (Wildman–Crippen LogP) is 2.55. The van der Waals surface area contributed by atoms with Gasteiger partial charge in [0.1, 0.15) is 13.8 Å². The molecule has 0 heterocycles. The van der Waals surface area contributed by atoms with Crippen molar-refractivity contribution in [2.75, 3.05) is 0 Å². The van der Waals surface area contributed by atoms with E-state index in [4.69, 9.17) is 4.74 Å². The molecular formula is C11H22O3Si. The Morgan fingerprint density at radius 1 is 1.13 bits per heavy atom. The number of esters is 1. The third-order valence-corrected chi connectivity index (χ3v) is 8.94. The molecule has 0 aromatic rings. The zero-order valence-electron chi connectivity index (χ0n) is 10.8. The van der Waals surface area contributed by atoms with E-state index < -0.39 is 13.8 Å². The first-order chi connectivity index (χ1) is 6.50. The summed E-state index contributed by atoms with van der Waals surface area (Å²) in [4.78, 5) is 22.5. The van der Waals surface area contributed by atoms with Crippen LogP contribution in [0.5, 0.6) is 0 Å². The summed E-state index contributed by atoms with van der Waals surface area (Å²) in [5, 5.41) is 0.0266. The molecule has 0 aliphatic carbocycles. The molecule has 1 unspecified atom stereocenters. The summed E-state index contributed by atoms with van der Waals surface area (Å²) in [7, 11) is -1.95. The highest BCUT2D eigenvalue weighted by Gasteiger charge is 2.46. The fourth-order valence-electron chi connectivity index (χ4n) is 1.30. The summed E-state index contributed by atoms with van der Waals surface area (Å²) in [6.07, 6.45) is 0. The maximum absolute atomic E-state index is 11.5. The van der Waals surface area contributed by atoms with E-state index in [9.17, 15) is 9.59 Å². The van der Waals surface area contributed by atoms with Gasteiger partial charge in [0.25, 0.3) is 0 Å². The molecule has 0 aliphatic rings. The van der Waals surface area contributed by atoms with Crippen LogP contribution in [0.1, 0.15) is 34.6 Å². The fourth-order valence-corrected chi connectivity index (χ4v) is 3.56. The smallest absolute Gasteiger partial charge is 0.303 e. The Balaban J connectivity index is 5.08. The molecule has 0 rings (SSSR count). The average molecular weight is 230 g/mol. The molecule has 4 heteroatoms. The van der Waals surface area contributed by atoms with E-state index in [0.29, 0.717) is 0 Å². The van der Waals surface area contributed by atoms with Crippen molar-refractivity contribution >= 4 is 19.8 Å². The largest absolute Gasteiger partial charge is 0.459 e. The van der Waals surface area contributed by atoms with Crippen molar-refractivity contribution in [2.45, 2.75) is 58.5 Å². The van der Waals surface area contributed by atoms with Crippen LogP contribution in [-0.2, 0) is 14.3 Å². The first-order valence-corrected chi connectivity index (χ1v) is 8.25. The van der Waals surface area contributed by atoms with Crippen molar-refractivity contribution in [3.63, 3.8) is 0 Å². The van der Waals surface area contributed by atoms with E-state index in [-0.39, 0.29) is 16.8 Å². The van der Waals surface area contributed by atoms with Crippen LogP contribution in [0.4, 0.5) is 0 Å².